The molecule has 1 aromatic heterocycles. The van der Waals surface area contributed by atoms with Crippen LogP contribution >= 0.6 is 15.9 Å². The van der Waals surface area contributed by atoms with Gasteiger partial charge in [-0.15, -0.1) is 0 Å². The van der Waals surface area contributed by atoms with Gasteiger partial charge in [0.2, 0.25) is 10.0 Å². The van der Waals surface area contributed by atoms with Crippen molar-refractivity contribution in [3.05, 3.63) is 39.2 Å². The van der Waals surface area contributed by atoms with E-state index in [-0.39, 0.29) is 16.4 Å². The third-order valence-electron chi connectivity index (χ3n) is 5.90. The highest BCUT2D eigenvalue weighted by atomic mass is 79.9. The van der Waals surface area contributed by atoms with Crippen LogP contribution in [0.1, 0.15) is 25.7 Å². The molecule has 1 saturated heterocycles. The average Bonchev–Trinajstić information content (AvgIpc) is 3.52. The second-order valence-corrected chi connectivity index (χ2v) is 10.9. The number of nitrogens with one attached hydrogen (secondary N) is 1. The number of benzene rings is 1. The first kappa shape index (κ1) is 21.3. The van der Waals surface area contributed by atoms with E-state index in [9.17, 15) is 18.0 Å². The number of halogens is 1. The Bertz CT molecular complexity index is 1140. The van der Waals surface area contributed by atoms with Gasteiger partial charge in [-0.1, -0.05) is 15.9 Å². The largest absolute Gasteiger partial charge is 0.465 e. The van der Waals surface area contributed by atoms with Crippen LogP contribution in [-0.4, -0.2) is 48.1 Å². The molecule has 1 aliphatic heterocycles. The van der Waals surface area contributed by atoms with Crippen molar-refractivity contribution in [2.45, 2.75) is 37.1 Å². The predicted octanol–water partition coefficient (Wildman–Crippen LogP) is 2.84. The van der Waals surface area contributed by atoms with Crippen LogP contribution < -0.4 is 10.9 Å². The minimum atomic E-state index is -3.80. The summed E-state index contributed by atoms with van der Waals surface area (Å²) in [6.45, 7) is 1.51. The van der Waals surface area contributed by atoms with E-state index in [1.54, 1.807) is 22.8 Å². The molecule has 162 valence electrons. The lowest BCUT2D eigenvalue weighted by Gasteiger charge is -2.31. The molecule has 1 amide bonds. The van der Waals surface area contributed by atoms with Crippen molar-refractivity contribution in [2.24, 2.45) is 11.8 Å². The van der Waals surface area contributed by atoms with Crippen LogP contribution in [0.5, 0.6) is 0 Å². The zero-order valence-corrected chi connectivity index (χ0v) is 18.8. The highest BCUT2D eigenvalue weighted by Gasteiger charge is 2.32. The minimum absolute atomic E-state index is 0.113. The van der Waals surface area contributed by atoms with E-state index in [1.165, 1.54) is 10.5 Å². The summed E-state index contributed by atoms with van der Waals surface area (Å²) in [5.41, 5.74) is -0.165. The first-order chi connectivity index (χ1) is 14.3. The van der Waals surface area contributed by atoms with Crippen LogP contribution in [-0.2, 0) is 16.6 Å². The minimum Gasteiger partial charge on any atom is -0.465 e. The predicted molar refractivity (Wildman–Crippen MR) is 116 cm³/mol. The van der Waals surface area contributed by atoms with E-state index in [0.29, 0.717) is 60.2 Å². The van der Waals surface area contributed by atoms with Gasteiger partial charge in [0, 0.05) is 47.6 Å². The molecule has 4 rings (SSSR count). The third-order valence-corrected chi connectivity index (χ3v) is 8.32. The molecule has 0 atom stereocenters. The molecule has 0 radical (unpaired) electrons. The first-order valence-electron chi connectivity index (χ1n) is 10.1. The number of amides is 1. The van der Waals surface area contributed by atoms with Crippen molar-refractivity contribution in [1.82, 2.24) is 14.2 Å². The standard InChI is InChI=1S/C20H24BrN3O5S/c21-15-3-4-16-17(9-15)18(12-23(19(16)25)11-14-1-2-14)30(28,29)24-7-5-13(6-8-24)10-22-20(26)27/h3-4,9,12-14,22H,1-2,5-8,10-11H2,(H,26,27). The van der Waals surface area contributed by atoms with Gasteiger partial charge in [-0.05, 0) is 55.7 Å². The number of hydrogen-bond acceptors (Lipinski definition) is 4. The number of rotatable bonds is 6. The van der Waals surface area contributed by atoms with Crippen LogP contribution in [0.15, 0.2) is 38.6 Å². The van der Waals surface area contributed by atoms with Gasteiger partial charge >= 0.3 is 6.09 Å². The summed E-state index contributed by atoms with van der Waals surface area (Å²) in [4.78, 5) is 23.8. The second kappa shape index (κ2) is 8.32. The van der Waals surface area contributed by atoms with Gasteiger partial charge in [0.05, 0.1) is 0 Å². The summed E-state index contributed by atoms with van der Waals surface area (Å²) in [6, 6.07) is 5.12. The molecule has 1 aromatic carbocycles. The van der Waals surface area contributed by atoms with Crippen LogP contribution in [0, 0.1) is 11.8 Å². The zero-order chi connectivity index (χ0) is 21.5. The molecule has 2 aliphatic rings. The summed E-state index contributed by atoms with van der Waals surface area (Å²) in [5.74, 6) is 0.547. The highest BCUT2D eigenvalue weighted by molar-refractivity contribution is 9.10. The third kappa shape index (κ3) is 4.40. The number of carboxylic acid groups (broad SMARTS) is 1. The fraction of sp³-hybridized carbons (Fsp3) is 0.500. The number of aromatic nitrogens is 1. The quantitative estimate of drug-likeness (QED) is 0.637. The smallest absolute Gasteiger partial charge is 0.404 e. The monoisotopic (exact) mass is 497 g/mol. The Labute approximate surface area is 183 Å². The van der Waals surface area contributed by atoms with Gasteiger partial charge in [-0.2, -0.15) is 4.31 Å². The molecular formula is C20H24BrN3O5S. The van der Waals surface area contributed by atoms with Crippen LogP contribution in [0.2, 0.25) is 0 Å². The van der Waals surface area contributed by atoms with Crippen LogP contribution in [0.4, 0.5) is 4.79 Å². The molecule has 0 bridgehead atoms. The van der Waals surface area contributed by atoms with Gasteiger partial charge in [0.25, 0.3) is 5.56 Å². The lowest BCUT2D eigenvalue weighted by atomic mass is 9.98. The molecule has 8 nitrogen and oxygen atoms in total. The Balaban J connectivity index is 1.67. The summed E-state index contributed by atoms with van der Waals surface area (Å²) in [6.07, 6.45) is 3.73. The molecule has 1 saturated carbocycles. The average molecular weight is 498 g/mol. The molecular weight excluding hydrogens is 474 g/mol. The van der Waals surface area contributed by atoms with Crippen LogP contribution in [0.25, 0.3) is 10.8 Å². The number of fused-ring (bicyclic) bond motifs is 1. The number of sulfonamides is 1. The molecule has 2 N–H and O–H groups in total. The molecule has 30 heavy (non-hydrogen) atoms. The van der Waals surface area contributed by atoms with Gasteiger partial charge in [-0.25, -0.2) is 13.2 Å². The van der Waals surface area contributed by atoms with E-state index in [1.807, 2.05) is 0 Å². The SMILES string of the molecule is O=C(O)NCC1CCN(S(=O)(=O)c2cn(CC3CC3)c(=O)c3ccc(Br)cc23)CC1. The lowest BCUT2D eigenvalue weighted by Crippen LogP contribution is -2.41. The van der Waals surface area contributed by atoms with Crippen molar-refractivity contribution in [1.29, 1.82) is 0 Å². The fourth-order valence-corrected chi connectivity index (χ4v) is 6.01. The molecule has 2 aromatic rings. The highest BCUT2D eigenvalue weighted by Crippen LogP contribution is 2.32. The summed E-state index contributed by atoms with van der Waals surface area (Å²) in [5, 5.41) is 12.0. The van der Waals surface area contributed by atoms with Crippen molar-refractivity contribution >= 4 is 42.8 Å². The van der Waals surface area contributed by atoms with Crippen molar-refractivity contribution in [3.8, 4) is 0 Å². The maximum Gasteiger partial charge on any atom is 0.404 e. The number of hydrogen-bond donors (Lipinski definition) is 2. The number of carbonyl (C=O) groups is 1. The summed E-state index contributed by atoms with van der Waals surface area (Å²) in [7, 11) is -3.80. The second-order valence-electron chi connectivity index (χ2n) is 8.12. The van der Waals surface area contributed by atoms with E-state index < -0.39 is 16.1 Å². The Morgan fingerprint density at radius 3 is 2.47 bits per heavy atom. The summed E-state index contributed by atoms with van der Waals surface area (Å²) < 4.78 is 30.8. The maximum atomic E-state index is 13.5. The van der Waals surface area contributed by atoms with Gasteiger partial charge in [-0.3, -0.25) is 4.79 Å². The number of pyridine rings is 1. The molecule has 0 unspecified atom stereocenters. The van der Waals surface area contributed by atoms with Gasteiger partial charge < -0.3 is 15.0 Å². The first-order valence-corrected chi connectivity index (χ1v) is 12.3. The van der Waals surface area contributed by atoms with Crippen LogP contribution in [0.3, 0.4) is 0 Å². The van der Waals surface area contributed by atoms with Crippen molar-refractivity contribution in [2.75, 3.05) is 19.6 Å². The maximum absolute atomic E-state index is 13.5. The van der Waals surface area contributed by atoms with E-state index in [0.717, 1.165) is 12.8 Å². The number of nitrogens with zero attached hydrogens (tertiary/aromatic N) is 2. The van der Waals surface area contributed by atoms with E-state index >= 15 is 0 Å². The number of piperidine rings is 1. The molecule has 10 heteroatoms. The topological polar surface area (TPSA) is 109 Å². The molecule has 2 heterocycles. The zero-order valence-electron chi connectivity index (χ0n) is 16.4. The Morgan fingerprint density at radius 1 is 1.13 bits per heavy atom. The molecule has 2 fully saturated rings. The Morgan fingerprint density at radius 2 is 1.83 bits per heavy atom. The van der Waals surface area contributed by atoms with E-state index in [2.05, 4.69) is 21.2 Å². The fourth-order valence-electron chi connectivity index (χ4n) is 3.98. The lowest BCUT2D eigenvalue weighted by molar-refractivity contribution is 0.188. The Hall–Kier alpha value is -1.91. The summed E-state index contributed by atoms with van der Waals surface area (Å²) >= 11 is 3.39. The molecule has 1 aliphatic carbocycles. The van der Waals surface area contributed by atoms with Crippen molar-refractivity contribution < 1.29 is 18.3 Å². The normalized spacial score (nSPS) is 18.6. The van der Waals surface area contributed by atoms with Gasteiger partial charge in [0.15, 0.2) is 0 Å². The Kier molecular flexibility index (Phi) is 5.91. The van der Waals surface area contributed by atoms with Crippen molar-refractivity contribution in [3.63, 3.8) is 0 Å². The van der Waals surface area contributed by atoms with Gasteiger partial charge in [0.1, 0.15) is 4.90 Å². The van der Waals surface area contributed by atoms with E-state index in [4.69, 9.17) is 5.11 Å². The molecule has 0 spiro atoms.